The van der Waals surface area contributed by atoms with Crippen molar-refractivity contribution in [2.75, 3.05) is 13.1 Å². The first-order valence-corrected chi connectivity index (χ1v) is 4.89. The number of hydrazine groups is 1. The summed E-state index contributed by atoms with van der Waals surface area (Å²) in [5, 5.41) is 2.34. The lowest BCUT2D eigenvalue weighted by Gasteiger charge is -2.14. The minimum Gasteiger partial charge on any atom is -0.293 e. The first-order valence-electron chi connectivity index (χ1n) is 4.51. The molecule has 4 heteroatoms. The van der Waals surface area contributed by atoms with Crippen LogP contribution in [0, 0.1) is 6.92 Å². The van der Waals surface area contributed by atoms with Gasteiger partial charge in [0.2, 0.25) is 0 Å². The zero-order valence-corrected chi connectivity index (χ0v) is 8.75. The summed E-state index contributed by atoms with van der Waals surface area (Å²) in [6.45, 7) is 3.52. The largest absolute Gasteiger partial charge is 0.293 e. The smallest absolute Gasteiger partial charge is 0.146 e. The molecule has 0 spiro atoms. The van der Waals surface area contributed by atoms with Crippen molar-refractivity contribution in [2.24, 2.45) is 10.8 Å². The van der Waals surface area contributed by atoms with E-state index in [0.717, 1.165) is 30.1 Å². The molecule has 14 heavy (non-hydrogen) atoms. The molecule has 0 fully saturated rings. The molecule has 2 N–H and O–H groups in total. The molecule has 2 rings (SSSR count). The fourth-order valence-electron chi connectivity index (χ4n) is 1.50. The summed E-state index contributed by atoms with van der Waals surface area (Å²) in [7, 11) is 0. The first kappa shape index (κ1) is 9.49. The summed E-state index contributed by atoms with van der Waals surface area (Å²) >= 11 is 6.11. The molecule has 0 atom stereocenters. The Labute approximate surface area is 88.2 Å². The average Bonchev–Trinajstić information content (AvgIpc) is 2.52. The van der Waals surface area contributed by atoms with Crippen molar-refractivity contribution in [3.8, 4) is 0 Å². The molecule has 1 aromatic rings. The number of hydrogen-bond acceptors (Lipinski definition) is 3. The van der Waals surface area contributed by atoms with Crippen molar-refractivity contribution >= 4 is 17.4 Å². The van der Waals surface area contributed by atoms with Crippen LogP contribution in [0.5, 0.6) is 0 Å². The van der Waals surface area contributed by atoms with Gasteiger partial charge < -0.3 is 0 Å². The minimum absolute atomic E-state index is 0.709. The molecule has 0 saturated heterocycles. The molecule has 0 unspecified atom stereocenters. The highest BCUT2D eigenvalue weighted by Crippen LogP contribution is 2.20. The van der Waals surface area contributed by atoms with Gasteiger partial charge in [0, 0.05) is 5.56 Å². The molecule has 0 bridgehead atoms. The third-order valence-electron chi connectivity index (χ3n) is 2.24. The van der Waals surface area contributed by atoms with Crippen LogP contribution in [0.15, 0.2) is 23.2 Å². The number of halogens is 1. The van der Waals surface area contributed by atoms with Gasteiger partial charge in [-0.3, -0.25) is 10.0 Å². The Morgan fingerprint density at radius 2 is 2.29 bits per heavy atom. The molecular formula is C10H12ClN3. The number of nitrogens with zero attached hydrogens (tertiary/aromatic N) is 2. The molecule has 1 aromatic carbocycles. The van der Waals surface area contributed by atoms with Crippen molar-refractivity contribution < 1.29 is 0 Å². The second-order valence-corrected chi connectivity index (χ2v) is 3.79. The van der Waals surface area contributed by atoms with Crippen LogP contribution in [0.2, 0.25) is 5.02 Å². The van der Waals surface area contributed by atoms with Crippen LogP contribution < -0.4 is 5.84 Å². The van der Waals surface area contributed by atoms with Crippen molar-refractivity contribution in [3.63, 3.8) is 0 Å². The Morgan fingerprint density at radius 3 is 2.86 bits per heavy atom. The zero-order valence-electron chi connectivity index (χ0n) is 8.00. The van der Waals surface area contributed by atoms with E-state index in [4.69, 9.17) is 17.4 Å². The van der Waals surface area contributed by atoms with E-state index in [0.29, 0.717) is 5.02 Å². The van der Waals surface area contributed by atoms with Gasteiger partial charge in [0.15, 0.2) is 0 Å². The zero-order chi connectivity index (χ0) is 10.1. The lowest BCUT2D eigenvalue weighted by Crippen LogP contribution is -2.35. The third-order valence-corrected chi connectivity index (χ3v) is 2.55. The summed E-state index contributed by atoms with van der Waals surface area (Å²) < 4.78 is 0. The predicted molar refractivity (Wildman–Crippen MR) is 58.5 cm³/mol. The van der Waals surface area contributed by atoms with Crippen LogP contribution in [-0.2, 0) is 0 Å². The molecule has 0 radical (unpaired) electrons. The molecule has 3 nitrogen and oxygen atoms in total. The Morgan fingerprint density at radius 1 is 1.50 bits per heavy atom. The Kier molecular flexibility index (Phi) is 2.44. The van der Waals surface area contributed by atoms with Gasteiger partial charge in [0.1, 0.15) is 5.84 Å². The number of hydrogen-bond donors (Lipinski definition) is 1. The molecule has 1 heterocycles. The molecule has 0 aliphatic carbocycles. The van der Waals surface area contributed by atoms with Crippen molar-refractivity contribution in [3.05, 3.63) is 34.3 Å². The summed E-state index contributed by atoms with van der Waals surface area (Å²) in [6.07, 6.45) is 0. The summed E-state index contributed by atoms with van der Waals surface area (Å²) in [5.74, 6) is 6.55. The van der Waals surface area contributed by atoms with E-state index in [2.05, 4.69) is 4.99 Å². The van der Waals surface area contributed by atoms with E-state index in [1.165, 1.54) is 0 Å². The lowest BCUT2D eigenvalue weighted by molar-refractivity contribution is 0.484. The van der Waals surface area contributed by atoms with E-state index < -0.39 is 0 Å². The quantitative estimate of drug-likeness (QED) is 0.714. The highest BCUT2D eigenvalue weighted by atomic mass is 35.5. The number of rotatable bonds is 1. The van der Waals surface area contributed by atoms with Crippen LogP contribution in [0.1, 0.15) is 11.1 Å². The number of aliphatic imine (C=N–C) groups is 1. The topological polar surface area (TPSA) is 41.6 Å². The Balaban J connectivity index is 2.41. The van der Waals surface area contributed by atoms with Gasteiger partial charge in [0.05, 0.1) is 18.1 Å². The fraction of sp³-hybridized carbons (Fsp3) is 0.300. The molecule has 0 aromatic heterocycles. The number of benzene rings is 1. The monoisotopic (exact) mass is 209 g/mol. The van der Waals surface area contributed by atoms with Crippen LogP contribution >= 0.6 is 11.6 Å². The number of nitrogens with two attached hydrogens (primary N) is 1. The van der Waals surface area contributed by atoms with Crippen molar-refractivity contribution in [1.29, 1.82) is 0 Å². The van der Waals surface area contributed by atoms with Gasteiger partial charge in [-0.15, -0.1) is 0 Å². The van der Waals surface area contributed by atoms with Crippen molar-refractivity contribution in [1.82, 2.24) is 5.01 Å². The predicted octanol–water partition coefficient (Wildman–Crippen LogP) is 1.58. The van der Waals surface area contributed by atoms with Gasteiger partial charge >= 0.3 is 0 Å². The summed E-state index contributed by atoms with van der Waals surface area (Å²) in [6, 6.07) is 5.89. The van der Waals surface area contributed by atoms with Gasteiger partial charge in [-0.2, -0.15) is 0 Å². The molecule has 1 aliphatic heterocycles. The van der Waals surface area contributed by atoms with Gasteiger partial charge in [-0.1, -0.05) is 17.7 Å². The molecule has 0 amide bonds. The van der Waals surface area contributed by atoms with E-state index >= 15 is 0 Å². The van der Waals surface area contributed by atoms with Gasteiger partial charge in [-0.05, 0) is 24.6 Å². The van der Waals surface area contributed by atoms with Crippen LogP contribution in [0.25, 0.3) is 0 Å². The maximum absolute atomic E-state index is 6.11. The second kappa shape index (κ2) is 3.59. The van der Waals surface area contributed by atoms with Crippen LogP contribution in [0.3, 0.4) is 0 Å². The Hall–Kier alpha value is -1.06. The summed E-state index contributed by atoms with van der Waals surface area (Å²) in [4.78, 5) is 4.31. The van der Waals surface area contributed by atoms with Gasteiger partial charge in [0.25, 0.3) is 0 Å². The van der Waals surface area contributed by atoms with Crippen LogP contribution in [-0.4, -0.2) is 23.9 Å². The maximum Gasteiger partial charge on any atom is 0.146 e. The number of amidine groups is 1. The standard InChI is InChI=1S/C10H12ClN3/c1-7-2-3-8(9(11)6-7)10-13-4-5-14(10)12/h2-3,6H,4-5,12H2,1H3. The van der Waals surface area contributed by atoms with Crippen LogP contribution in [0.4, 0.5) is 0 Å². The van der Waals surface area contributed by atoms with Gasteiger partial charge in [-0.25, -0.2) is 5.84 Å². The second-order valence-electron chi connectivity index (χ2n) is 3.38. The molecule has 0 saturated carbocycles. The maximum atomic E-state index is 6.11. The highest BCUT2D eigenvalue weighted by Gasteiger charge is 2.17. The normalized spacial score (nSPS) is 15.9. The SMILES string of the molecule is Cc1ccc(C2=NCCN2N)c(Cl)c1. The summed E-state index contributed by atoms with van der Waals surface area (Å²) in [5.41, 5.74) is 2.05. The number of aryl methyl sites for hydroxylation is 1. The Bertz CT molecular complexity index is 387. The highest BCUT2D eigenvalue weighted by molar-refractivity contribution is 6.34. The molecule has 1 aliphatic rings. The van der Waals surface area contributed by atoms with E-state index in [1.807, 2.05) is 25.1 Å². The average molecular weight is 210 g/mol. The fourth-order valence-corrected chi connectivity index (χ4v) is 1.82. The lowest BCUT2D eigenvalue weighted by atomic mass is 10.1. The minimum atomic E-state index is 0.709. The first-order chi connectivity index (χ1) is 6.68. The van der Waals surface area contributed by atoms with E-state index in [9.17, 15) is 0 Å². The van der Waals surface area contributed by atoms with Crippen molar-refractivity contribution in [2.45, 2.75) is 6.92 Å². The van der Waals surface area contributed by atoms with E-state index in [1.54, 1.807) is 5.01 Å². The third kappa shape index (κ3) is 1.61. The molecular weight excluding hydrogens is 198 g/mol. The van der Waals surface area contributed by atoms with E-state index in [-0.39, 0.29) is 0 Å². The molecule has 74 valence electrons.